The molecular formula is C22H26N2O. The maximum atomic E-state index is 13.3. The van der Waals surface area contributed by atoms with Crippen molar-refractivity contribution < 1.29 is 4.79 Å². The lowest BCUT2D eigenvalue weighted by atomic mass is 9.80. The number of hydrogen-bond acceptors (Lipinski definition) is 2. The fraction of sp³-hybridized carbons (Fsp3) is 0.409. The SMILES string of the molecule is CN(Cc1ccccc1)C(=O)C1Cc2ccccc2N2CCCCC12. The highest BCUT2D eigenvalue weighted by Gasteiger charge is 2.40. The van der Waals surface area contributed by atoms with Gasteiger partial charge in [0, 0.05) is 31.9 Å². The van der Waals surface area contributed by atoms with Crippen LogP contribution in [0.1, 0.15) is 30.4 Å². The molecule has 2 aromatic carbocycles. The minimum Gasteiger partial charge on any atom is -0.368 e. The highest BCUT2D eigenvalue weighted by molar-refractivity contribution is 5.82. The Bertz CT molecular complexity index is 743. The third kappa shape index (κ3) is 3.15. The van der Waals surface area contributed by atoms with Gasteiger partial charge >= 0.3 is 0 Å². The van der Waals surface area contributed by atoms with Crippen molar-refractivity contribution in [2.75, 3.05) is 18.5 Å². The van der Waals surface area contributed by atoms with E-state index >= 15 is 0 Å². The molecular weight excluding hydrogens is 308 g/mol. The van der Waals surface area contributed by atoms with Gasteiger partial charge in [-0.2, -0.15) is 0 Å². The van der Waals surface area contributed by atoms with Crippen molar-refractivity contribution in [1.82, 2.24) is 4.90 Å². The number of fused-ring (bicyclic) bond motifs is 3. The molecule has 4 rings (SSSR count). The molecule has 0 saturated carbocycles. The van der Waals surface area contributed by atoms with Crippen molar-refractivity contribution in [3.8, 4) is 0 Å². The maximum Gasteiger partial charge on any atom is 0.228 e. The molecule has 25 heavy (non-hydrogen) atoms. The number of amides is 1. The summed E-state index contributed by atoms with van der Waals surface area (Å²) in [6, 6.07) is 19.3. The number of rotatable bonds is 3. The molecule has 2 heterocycles. The van der Waals surface area contributed by atoms with Crippen LogP contribution >= 0.6 is 0 Å². The van der Waals surface area contributed by atoms with Gasteiger partial charge in [0.25, 0.3) is 0 Å². The lowest BCUT2D eigenvalue weighted by molar-refractivity contribution is -0.135. The second-order valence-electron chi connectivity index (χ2n) is 7.38. The Hall–Kier alpha value is -2.29. The average Bonchev–Trinajstić information content (AvgIpc) is 2.67. The van der Waals surface area contributed by atoms with Crippen molar-refractivity contribution in [2.24, 2.45) is 5.92 Å². The predicted octanol–water partition coefficient (Wildman–Crippen LogP) is 3.88. The zero-order valence-electron chi connectivity index (χ0n) is 14.9. The zero-order valence-corrected chi connectivity index (χ0v) is 14.9. The highest BCUT2D eigenvalue weighted by Crippen LogP contribution is 2.39. The van der Waals surface area contributed by atoms with Gasteiger partial charge in [-0.1, -0.05) is 48.5 Å². The van der Waals surface area contributed by atoms with Crippen molar-refractivity contribution in [2.45, 2.75) is 38.3 Å². The highest BCUT2D eigenvalue weighted by atomic mass is 16.2. The number of carbonyl (C=O) groups excluding carboxylic acids is 1. The Morgan fingerprint density at radius 2 is 1.84 bits per heavy atom. The van der Waals surface area contributed by atoms with E-state index < -0.39 is 0 Å². The number of piperidine rings is 1. The van der Waals surface area contributed by atoms with Crippen LogP contribution in [0.5, 0.6) is 0 Å². The van der Waals surface area contributed by atoms with Crippen LogP contribution in [-0.4, -0.2) is 30.4 Å². The molecule has 0 bridgehead atoms. The van der Waals surface area contributed by atoms with E-state index in [1.54, 1.807) is 0 Å². The van der Waals surface area contributed by atoms with Gasteiger partial charge in [-0.15, -0.1) is 0 Å². The largest absolute Gasteiger partial charge is 0.368 e. The molecule has 0 aromatic heterocycles. The molecule has 0 spiro atoms. The van der Waals surface area contributed by atoms with Crippen molar-refractivity contribution in [1.29, 1.82) is 0 Å². The summed E-state index contributed by atoms with van der Waals surface area (Å²) in [7, 11) is 1.95. The van der Waals surface area contributed by atoms with Gasteiger partial charge in [-0.3, -0.25) is 4.79 Å². The van der Waals surface area contributed by atoms with E-state index in [0.717, 1.165) is 19.4 Å². The normalized spacial score (nSPS) is 22.0. The van der Waals surface area contributed by atoms with Gasteiger partial charge in [0.1, 0.15) is 0 Å². The summed E-state index contributed by atoms with van der Waals surface area (Å²) in [6.45, 7) is 1.76. The molecule has 2 atom stereocenters. The van der Waals surface area contributed by atoms with Crippen LogP contribution in [-0.2, 0) is 17.8 Å². The summed E-state index contributed by atoms with van der Waals surface area (Å²) in [6.07, 6.45) is 4.46. The van der Waals surface area contributed by atoms with Gasteiger partial charge in [0.15, 0.2) is 0 Å². The Morgan fingerprint density at radius 3 is 2.68 bits per heavy atom. The zero-order chi connectivity index (χ0) is 17.2. The Labute approximate surface area is 150 Å². The van der Waals surface area contributed by atoms with E-state index in [1.807, 2.05) is 30.1 Å². The maximum absolute atomic E-state index is 13.3. The fourth-order valence-electron chi connectivity index (χ4n) is 4.48. The van der Waals surface area contributed by atoms with E-state index in [9.17, 15) is 4.79 Å². The number of carbonyl (C=O) groups is 1. The number of hydrogen-bond donors (Lipinski definition) is 0. The van der Waals surface area contributed by atoms with Gasteiger partial charge in [-0.05, 0) is 42.9 Å². The Balaban J connectivity index is 1.57. The van der Waals surface area contributed by atoms with Crippen LogP contribution in [0.2, 0.25) is 0 Å². The monoisotopic (exact) mass is 334 g/mol. The summed E-state index contributed by atoms with van der Waals surface area (Å²) in [5.74, 6) is 0.360. The Kier molecular flexibility index (Phi) is 4.48. The number of para-hydroxylation sites is 1. The second kappa shape index (κ2) is 6.91. The lowest BCUT2D eigenvalue weighted by Gasteiger charge is -2.46. The summed E-state index contributed by atoms with van der Waals surface area (Å²) < 4.78 is 0. The molecule has 1 saturated heterocycles. The standard InChI is InChI=1S/C22H26N2O/c1-23(16-17-9-3-2-4-10-17)22(25)19-15-18-11-5-6-12-20(18)24-14-8-7-13-21(19)24/h2-6,9-12,19,21H,7-8,13-16H2,1H3. The fourth-order valence-corrected chi connectivity index (χ4v) is 4.48. The first kappa shape index (κ1) is 16.2. The van der Waals surface area contributed by atoms with E-state index in [2.05, 4.69) is 41.3 Å². The number of anilines is 1. The van der Waals surface area contributed by atoms with Gasteiger partial charge < -0.3 is 9.80 Å². The molecule has 2 aliphatic rings. The molecule has 0 N–H and O–H groups in total. The van der Waals surface area contributed by atoms with Crippen molar-refractivity contribution in [3.63, 3.8) is 0 Å². The van der Waals surface area contributed by atoms with E-state index in [1.165, 1.54) is 29.7 Å². The molecule has 2 aromatic rings. The van der Waals surface area contributed by atoms with Crippen LogP contribution in [0, 0.1) is 5.92 Å². The Morgan fingerprint density at radius 1 is 1.08 bits per heavy atom. The molecule has 1 fully saturated rings. The molecule has 3 nitrogen and oxygen atoms in total. The summed E-state index contributed by atoms with van der Waals surface area (Å²) >= 11 is 0. The van der Waals surface area contributed by atoms with Crippen LogP contribution in [0.3, 0.4) is 0 Å². The van der Waals surface area contributed by atoms with E-state index in [-0.39, 0.29) is 11.8 Å². The van der Waals surface area contributed by atoms with Gasteiger partial charge in [0.2, 0.25) is 5.91 Å². The van der Waals surface area contributed by atoms with Crippen LogP contribution in [0.4, 0.5) is 5.69 Å². The molecule has 0 aliphatic carbocycles. The first-order valence-electron chi connectivity index (χ1n) is 9.37. The topological polar surface area (TPSA) is 23.6 Å². The lowest BCUT2D eigenvalue weighted by Crippen LogP contribution is -2.53. The minimum absolute atomic E-state index is 0.0731. The quantitative estimate of drug-likeness (QED) is 0.850. The molecule has 2 unspecified atom stereocenters. The number of nitrogens with zero attached hydrogens (tertiary/aromatic N) is 2. The predicted molar refractivity (Wildman–Crippen MR) is 102 cm³/mol. The van der Waals surface area contributed by atoms with Crippen LogP contribution in [0.15, 0.2) is 54.6 Å². The third-order valence-electron chi connectivity index (χ3n) is 5.71. The average molecular weight is 334 g/mol. The summed E-state index contributed by atoms with van der Waals surface area (Å²) in [5.41, 5.74) is 3.86. The molecule has 1 amide bonds. The third-order valence-corrected chi connectivity index (χ3v) is 5.71. The van der Waals surface area contributed by atoms with Gasteiger partial charge in [0.05, 0.1) is 5.92 Å². The second-order valence-corrected chi connectivity index (χ2v) is 7.38. The summed E-state index contributed by atoms with van der Waals surface area (Å²) in [4.78, 5) is 17.7. The van der Waals surface area contributed by atoms with Crippen LogP contribution in [0.25, 0.3) is 0 Å². The van der Waals surface area contributed by atoms with Crippen LogP contribution < -0.4 is 4.90 Å². The van der Waals surface area contributed by atoms with E-state index in [0.29, 0.717) is 12.6 Å². The van der Waals surface area contributed by atoms with E-state index in [4.69, 9.17) is 0 Å². The molecule has 0 radical (unpaired) electrons. The number of benzene rings is 2. The van der Waals surface area contributed by atoms with Gasteiger partial charge in [-0.25, -0.2) is 0 Å². The first-order chi connectivity index (χ1) is 12.2. The molecule has 130 valence electrons. The smallest absolute Gasteiger partial charge is 0.228 e. The van der Waals surface area contributed by atoms with Crippen molar-refractivity contribution in [3.05, 3.63) is 65.7 Å². The molecule has 2 aliphatic heterocycles. The summed E-state index contributed by atoms with van der Waals surface area (Å²) in [5, 5.41) is 0. The minimum atomic E-state index is 0.0731. The first-order valence-corrected chi connectivity index (χ1v) is 9.37. The van der Waals surface area contributed by atoms with Crippen molar-refractivity contribution >= 4 is 11.6 Å². The molecule has 3 heteroatoms.